The predicted molar refractivity (Wildman–Crippen MR) is 85.8 cm³/mol. The van der Waals surface area contributed by atoms with Crippen molar-refractivity contribution >= 4 is 11.9 Å². The van der Waals surface area contributed by atoms with E-state index in [9.17, 15) is 9.59 Å². The van der Waals surface area contributed by atoms with Gasteiger partial charge in [-0.1, -0.05) is 12.1 Å². The molecule has 22 heavy (non-hydrogen) atoms. The Balaban J connectivity index is 2.55. The summed E-state index contributed by atoms with van der Waals surface area (Å²) < 4.78 is 10.6. The van der Waals surface area contributed by atoms with E-state index < -0.39 is 11.2 Å². The first-order chi connectivity index (χ1) is 9.96. The molecule has 4 heteroatoms. The molecule has 0 heterocycles. The molecule has 4 nitrogen and oxygen atoms in total. The number of carbonyl (C=O) groups excluding carboxylic acids is 2. The van der Waals surface area contributed by atoms with Crippen molar-refractivity contribution in [3.63, 3.8) is 0 Å². The van der Waals surface area contributed by atoms with Gasteiger partial charge in [0.1, 0.15) is 11.2 Å². The lowest BCUT2D eigenvalue weighted by molar-refractivity contribution is -0.154. The number of rotatable bonds is 4. The molecule has 0 saturated carbocycles. The van der Waals surface area contributed by atoms with Crippen LogP contribution in [0.5, 0.6) is 0 Å². The van der Waals surface area contributed by atoms with E-state index in [4.69, 9.17) is 9.47 Å². The molecule has 122 valence electrons. The zero-order valence-corrected chi connectivity index (χ0v) is 14.4. The Morgan fingerprint density at radius 2 is 1.36 bits per heavy atom. The maximum absolute atomic E-state index is 11.9. The van der Waals surface area contributed by atoms with Gasteiger partial charge in [-0.25, -0.2) is 4.79 Å². The summed E-state index contributed by atoms with van der Waals surface area (Å²) in [5.74, 6) is -0.560. The molecule has 1 aromatic carbocycles. The number of ether oxygens (including phenoxy) is 2. The normalized spacial score (nSPS) is 11.9. The molecule has 1 aromatic rings. The van der Waals surface area contributed by atoms with E-state index in [0.29, 0.717) is 18.4 Å². The molecule has 0 fully saturated rings. The van der Waals surface area contributed by atoms with Crippen LogP contribution < -0.4 is 0 Å². The molecule has 0 aliphatic carbocycles. The number of esters is 2. The Morgan fingerprint density at radius 1 is 0.864 bits per heavy atom. The van der Waals surface area contributed by atoms with Gasteiger partial charge in [-0.2, -0.15) is 0 Å². The highest BCUT2D eigenvalue weighted by molar-refractivity contribution is 5.89. The van der Waals surface area contributed by atoms with Crippen molar-refractivity contribution in [2.45, 2.75) is 65.6 Å². The SMILES string of the molecule is CC(C)(C)OC(=O)CCc1ccc(C(=O)OC(C)(C)C)cc1. The van der Waals surface area contributed by atoms with Crippen LogP contribution in [-0.2, 0) is 20.7 Å². The molecule has 0 aromatic heterocycles. The third-order valence-electron chi connectivity index (χ3n) is 2.63. The van der Waals surface area contributed by atoms with Crippen molar-refractivity contribution < 1.29 is 19.1 Å². The second-order valence-corrected chi connectivity index (χ2v) is 7.29. The maximum Gasteiger partial charge on any atom is 0.338 e. The molecule has 0 atom stereocenters. The number of benzene rings is 1. The van der Waals surface area contributed by atoms with Crippen LogP contribution in [0.2, 0.25) is 0 Å². The highest BCUT2D eigenvalue weighted by atomic mass is 16.6. The third-order valence-corrected chi connectivity index (χ3v) is 2.63. The van der Waals surface area contributed by atoms with Crippen LogP contribution in [0.4, 0.5) is 0 Å². The number of hydrogen-bond donors (Lipinski definition) is 0. The zero-order valence-electron chi connectivity index (χ0n) is 14.4. The Hall–Kier alpha value is -1.84. The first kappa shape index (κ1) is 18.2. The lowest BCUT2D eigenvalue weighted by Gasteiger charge is -2.20. The molecule has 0 amide bonds. The smallest absolute Gasteiger partial charge is 0.338 e. The second-order valence-electron chi connectivity index (χ2n) is 7.29. The van der Waals surface area contributed by atoms with Gasteiger partial charge in [-0.15, -0.1) is 0 Å². The summed E-state index contributed by atoms with van der Waals surface area (Å²) in [5, 5.41) is 0. The summed E-state index contributed by atoms with van der Waals surface area (Å²) in [6.45, 7) is 11.0. The largest absolute Gasteiger partial charge is 0.460 e. The molecule has 0 aliphatic heterocycles. The van der Waals surface area contributed by atoms with Crippen LogP contribution in [0.1, 0.15) is 63.9 Å². The summed E-state index contributed by atoms with van der Waals surface area (Å²) in [5.41, 5.74) is 0.526. The van der Waals surface area contributed by atoms with Crippen LogP contribution in [0.25, 0.3) is 0 Å². The van der Waals surface area contributed by atoms with E-state index in [2.05, 4.69) is 0 Å². The van der Waals surface area contributed by atoms with E-state index in [1.807, 2.05) is 53.7 Å². The number of aryl methyl sites for hydroxylation is 1. The summed E-state index contributed by atoms with van der Waals surface area (Å²) in [4.78, 5) is 23.6. The molecule has 0 aliphatic rings. The van der Waals surface area contributed by atoms with E-state index >= 15 is 0 Å². The van der Waals surface area contributed by atoms with Gasteiger partial charge in [-0.05, 0) is 65.7 Å². The lowest BCUT2D eigenvalue weighted by Crippen LogP contribution is -2.24. The van der Waals surface area contributed by atoms with Crippen molar-refractivity contribution in [2.24, 2.45) is 0 Å². The fourth-order valence-corrected chi connectivity index (χ4v) is 1.78. The molecule has 0 spiro atoms. The Morgan fingerprint density at radius 3 is 1.82 bits per heavy atom. The first-order valence-electron chi connectivity index (χ1n) is 7.50. The predicted octanol–water partition coefficient (Wildman–Crippen LogP) is 3.92. The van der Waals surface area contributed by atoms with Crippen molar-refractivity contribution in [1.29, 1.82) is 0 Å². The van der Waals surface area contributed by atoms with Crippen LogP contribution in [0.15, 0.2) is 24.3 Å². The first-order valence-corrected chi connectivity index (χ1v) is 7.50. The minimum atomic E-state index is -0.507. The highest BCUT2D eigenvalue weighted by Gasteiger charge is 2.18. The third kappa shape index (κ3) is 7.25. The molecule has 0 N–H and O–H groups in total. The fourth-order valence-electron chi connectivity index (χ4n) is 1.78. The van der Waals surface area contributed by atoms with Crippen molar-refractivity contribution in [3.05, 3.63) is 35.4 Å². The van der Waals surface area contributed by atoms with Gasteiger partial charge < -0.3 is 9.47 Å². The average molecular weight is 306 g/mol. The molecular formula is C18H26O4. The summed E-state index contributed by atoms with van der Waals surface area (Å²) in [6, 6.07) is 7.12. The fraction of sp³-hybridized carbons (Fsp3) is 0.556. The van der Waals surface area contributed by atoms with Gasteiger partial charge in [0.15, 0.2) is 0 Å². The summed E-state index contributed by atoms with van der Waals surface area (Å²) in [7, 11) is 0. The Labute approximate surface area is 132 Å². The van der Waals surface area contributed by atoms with Gasteiger partial charge in [0.25, 0.3) is 0 Å². The quantitative estimate of drug-likeness (QED) is 0.791. The van der Waals surface area contributed by atoms with E-state index in [-0.39, 0.29) is 11.9 Å². The zero-order chi connectivity index (χ0) is 17.0. The highest BCUT2D eigenvalue weighted by Crippen LogP contribution is 2.14. The molecule has 0 unspecified atom stereocenters. The van der Waals surface area contributed by atoms with Gasteiger partial charge in [0.05, 0.1) is 5.56 Å². The standard InChI is InChI=1S/C18H26O4/c1-17(2,3)21-15(19)12-9-13-7-10-14(11-8-13)16(20)22-18(4,5)6/h7-8,10-11H,9,12H2,1-6H3. The van der Waals surface area contributed by atoms with Crippen molar-refractivity contribution in [1.82, 2.24) is 0 Å². The monoisotopic (exact) mass is 306 g/mol. The minimum absolute atomic E-state index is 0.219. The summed E-state index contributed by atoms with van der Waals surface area (Å²) in [6.07, 6.45) is 0.909. The molecule has 1 rings (SSSR count). The van der Waals surface area contributed by atoms with E-state index in [1.54, 1.807) is 12.1 Å². The average Bonchev–Trinajstić information content (AvgIpc) is 2.33. The Kier molecular flexibility index (Phi) is 5.75. The van der Waals surface area contributed by atoms with Gasteiger partial charge in [0.2, 0.25) is 0 Å². The minimum Gasteiger partial charge on any atom is -0.460 e. The lowest BCUT2D eigenvalue weighted by atomic mass is 10.1. The molecule has 0 saturated heterocycles. The van der Waals surface area contributed by atoms with Crippen LogP contribution in [0, 0.1) is 0 Å². The molecule has 0 bridgehead atoms. The maximum atomic E-state index is 11.9. The van der Waals surface area contributed by atoms with E-state index in [0.717, 1.165) is 5.56 Å². The van der Waals surface area contributed by atoms with Gasteiger partial charge in [0, 0.05) is 6.42 Å². The molecular weight excluding hydrogens is 280 g/mol. The number of carbonyl (C=O) groups is 2. The Bertz CT molecular complexity index is 516. The van der Waals surface area contributed by atoms with Crippen molar-refractivity contribution in [2.75, 3.05) is 0 Å². The topological polar surface area (TPSA) is 52.6 Å². The molecule has 0 radical (unpaired) electrons. The van der Waals surface area contributed by atoms with Crippen LogP contribution in [0.3, 0.4) is 0 Å². The second kappa shape index (κ2) is 6.95. The van der Waals surface area contributed by atoms with Gasteiger partial charge in [-0.3, -0.25) is 4.79 Å². The summed E-state index contributed by atoms with van der Waals surface area (Å²) >= 11 is 0. The van der Waals surface area contributed by atoms with Crippen molar-refractivity contribution in [3.8, 4) is 0 Å². The van der Waals surface area contributed by atoms with Gasteiger partial charge >= 0.3 is 11.9 Å². The number of hydrogen-bond acceptors (Lipinski definition) is 4. The van der Waals surface area contributed by atoms with E-state index in [1.165, 1.54) is 0 Å². The van der Waals surface area contributed by atoms with Crippen LogP contribution >= 0.6 is 0 Å². The van der Waals surface area contributed by atoms with Crippen LogP contribution in [-0.4, -0.2) is 23.1 Å².